The van der Waals surface area contributed by atoms with Crippen LogP contribution in [0.15, 0.2) is 65.6 Å². The lowest BCUT2D eigenvalue weighted by Crippen LogP contribution is -2.31. The molecule has 23 heavy (non-hydrogen) atoms. The van der Waals surface area contributed by atoms with E-state index in [0.717, 1.165) is 6.42 Å². The van der Waals surface area contributed by atoms with E-state index in [0.29, 0.717) is 12.0 Å². The van der Waals surface area contributed by atoms with E-state index in [-0.39, 0.29) is 17.3 Å². The molecule has 2 rings (SSSR count). The highest BCUT2D eigenvalue weighted by molar-refractivity contribution is 7.91. The first-order valence-corrected chi connectivity index (χ1v) is 9.21. The molecule has 1 atom stereocenters. The van der Waals surface area contributed by atoms with Crippen LogP contribution in [0.1, 0.15) is 30.6 Å². The van der Waals surface area contributed by atoms with E-state index < -0.39 is 15.1 Å². The fraction of sp³-hybridized carbons (Fsp3) is 0.278. The third kappa shape index (κ3) is 4.42. The van der Waals surface area contributed by atoms with Crippen LogP contribution in [0.5, 0.6) is 0 Å². The number of carbonyl (C=O) groups excluding carboxylic acids is 1. The van der Waals surface area contributed by atoms with Gasteiger partial charge in [-0.1, -0.05) is 55.5 Å². The van der Waals surface area contributed by atoms with Crippen LogP contribution in [-0.4, -0.2) is 20.9 Å². The summed E-state index contributed by atoms with van der Waals surface area (Å²) in [6, 6.07) is 17.3. The zero-order valence-corrected chi connectivity index (χ0v) is 13.9. The van der Waals surface area contributed by atoms with Gasteiger partial charge in [0.2, 0.25) is 5.91 Å². The first-order chi connectivity index (χ1) is 11.1. The van der Waals surface area contributed by atoms with Gasteiger partial charge in [-0.25, -0.2) is 8.42 Å². The minimum atomic E-state index is -3.58. The molecule has 0 saturated carbocycles. The van der Waals surface area contributed by atoms with Crippen molar-refractivity contribution in [3.8, 4) is 0 Å². The normalized spacial score (nSPS) is 12.6. The van der Waals surface area contributed by atoms with Gasteiger partial charge >= 0.3 is 0 Å². The van der Waals surface area contributed by atoms with Gasteiger partial charge in [0.1, 0.15) is 5.25 Å². The predicted molar refractivity (Wildman–Crippen MR) is 90.7 cm³/mol. The minimum Gasteiger partial charge on any atom is -0.354 e. The predicted octanol–water partition coefficient (Wildman–Crippen LogP) is 3.12. The van der Waals surface area contributed by atoms with Crippen molar-refractivity contribution in [3.63, 3.8) is 0 Å². The summed E-state index contributed by atoms with van der Waals surface area (Å²) in [5.41, 5.74) is 0.674. The second kappa shape index (κ2) is 7.92. The molecule has 1 amide bonds. The Labute approximate surface area is 137 Å². The molecule has 0 aliphatic rings. The lowest BCUT2D eigenvalue weighted by Gasteiger charge is -2.19. The standard InChI is InChI=1S/C18H21NO3S/c1-2-9-18(20)19-14-17(15-10-5-3-6-11-15)23(21,22)16-12-7-4-8-13-16/h3-8,10-13,17H,2,9,14H2,1H3,(H,19,20)/t17-/m1/s1. The van der Waals surface area contributed by atoms with Gasteiger partial charge in [0, 0.05) is 13.0 Å². The molecule has 0 radical (unpaired) electrons. The zero-order valence-electron chi connectivity index (χ0n) is 13.1. The molecule has 5 heteroatoms. The van der Waals surface area contributed by atoms with Gasteiger partial charge in [0.05, 0.1) is 4.90 Å². The van der Waals surface area contributed by atoms with Crippen LogP contribution in [0.25, 0.3) is 0 Å². The Hall–Kier alpha value is -2.14. The van der Waals surface area contributed by atoms with Crippen molar-refractivity contribution in [1.29, 1.82) is 0 Å². The summed E-state index contributed by atoms with van der Waals surface area (Å²) in [6.07, 6.45) is 1.13. The monoisotopic (exact) mass is 331 g/mol. The molecule has 0 fully saturated rings. The van der Waals surface area contributed by atoms with Crippen molar-refractivity contribution in [2.24, 2.45) is 0 Å². The van der Waals surface area contributed by atoms with E-state index in [9.17, 15) is 13.2 Å². The van der Waals surface area contributed by atoms with Crippen molar-refractivity contribution < 1.29 is 13.2 Å². The Bertz CT molecular complexity index is 727. The van der Waals surface area contributed by atoms with Crippen molar-refractivity contribution in [1.82, 2.24) is 5.32 Å². The maximum absolute atomic E-state index is 13.0. The number of hydrogen-bond acceptors (Lipinski definition) is 3. The molecule has 0 spiro atoms. The van der Waals surface area contributed by atoms with E-state index in [1.54, 1.807) is 54.6 Å². The summed E-state index contributed by atoms with van der Waals surface area (Å²) < 4.78 is 25.9. The van der Waals surface area contributed by atoms with E-state index in [2.05, 4.69) is 5.32 Å². The van der Waals surface area contributed by atoms with E-state index >= 15 is 0 Å². The quantitative estimate of drug-likeness (QED) is 0.848. The second-order valence-corrected chi connectivity index (χ2v) is 7.44. The van der Waals surface area contributed by atoms with Gasteiger partial charge in [0.15, 0.2) is 9.84 Å². The number of sulfone groups is 1. The molecular formula is C18H21NO3S. The van der Waals surface area contributed by atoms with Crippen LogP contribution in [0.3, 0.4) is 0 Å². The number of carbonyl (C=O) groups is 1. The fourth-order valence-electron chi connectivity index (χ4n) is 2.37. The summed E-state index contributed by atoms with van der Waals surface area (Å²) in [5.74, 6) is -0.128. The van der Waals surface area contributed by atoms with Crippen molar-refractivity contribution >= 4 is 15.7 Å². The third-order valence-electron chi connectivity index (χ3n) is 3.58. The molecule has 0 saturated heterocycles. The summed E-state index contributed by atoms with van der Waals surface area (Å²) in [6.45, 7) is 1.98. The third-order valence-corrected chi connectivity index (χ3v) is 5.70. The molecule has 1 N–H and O–H groups in total. The Morgan fingerprint density at radius 1 is 1.00 bits per heavy atom. The summed E-state index contributed by atoms with van der Waals surface area (Å²) in [5, 5.41) is 1.94. The zero-order chi connectivity index (χ0) is 16.7. The Morgan fingerprint density at radius 3 is 2.13 bits per heavy atom. The largest absolute Gasteiger partial charge is 0.354 e. The molecular weight excluding hydrogens is 310 g/mol. The maximum Gasteiger partial charge on any atom is 0.220 e. The number of hydrogen-bond donors (Lipinski definition) is 1. The first kappa shape index (κ1) is 17.2. The average Bonchev–Trinajstić information content (AvgIpc) is 2.57. The summed E-state index contributed by atoms with van der Waals surface area (Å²) >= 11 is 0. The maximum atomic E-state index is 13.0. The highest BCUT2D eigenvalue weighted by Crippen LogP contribution is 2.28. The smallest absolute Gasteiger partial charge is 0.220 e. The van der Waals surface area contributed by atoms with Crippen LogP contribution in [0, 0.1) is 0 Å². The highest BCUT2D eigenvalue weighted by atomic mass is 32.2. The molecule has 0 heterocycles. The van der Waals surface area contributed by atoms with Gasteiger partial charge in [-0.2, -0.15) is 0 Å². The number of benzene rings is 2. The van der Waals surface area contributed by atoms with Crippen molar-refractivity contribution in [3.05, 3.63) is 66.2 Å². The summed E-state index contributed by atoms with van der Waals surface area (Å²) in [4.78, 5) is 12.0. The van der Waals surface area contributed by atoms with Crippen molar-refractivity contribution in [2.75, 3.05) is 6.54 Å². The Morgan fingerprint density at radius 2 is 1.57 bits per heavy atom. The van der Waals surface area contributed by atoms with Gasteiger partial charge in [-0.05, 0) is 24.1 Å². The minimum absolute atomic E-state index is 0.0695. The van der Waals surface area contributed by atoms with Crippen LogP contribution in [-0.2, 0) is 14.6 Å². The molecule has 2 aromatic carbocycles. The van der Waals surface area contributed by atoms with Gasteiger partial charge in [0.25, 0.3) is 0 Å². The van der Waals surface area contributed by atoms with E-state index in [1.165, 1.54) is 0 Å². The van der Waals surface area contributed by atoms with Crippen LogP contribution in [0.4, 0.5) is 0 Å². The van der Waals surface area contributed by atoms with Gasteiger partial charge in [-0.15, -0.1) is 0 Å². The number of rotatable bonds is 7. The topological polar surface area (TPSA) is 63.2 Å². The van der Waals surface area contributed by atoms with Gasteiger partial charge in [-0.3, -0.25) is 4.79 Å². The van der Waals surface area contributed by atoms with E-state index in [1.807, 2.05) is 13.0 Å². The summed E-state index contributed by atoms with van der Waals surface area (Å²) in [7, 11) is -3.58. The number of amides is 1. The van der Waals surface area contributed by atoms with Gasteiger partial charge < -0.3 is 5.32 Å². The molecule has 0 unspecified atom stereocenters. The molecule has 0 aliphatic carbocycles. The lowest BCUT2D eigenvalue weighted by molar-refractivity contribution is -0.121. The highest BCUT2D eigenvalue weighted by Gasteiger charge is 2.29. The second-order valence-electron chi connectivity index (χ2n) is 5.31. The SMILES string of the molecule is CCCC(=O)NC[C@H](c1ccccc1)S(=O)(=O)c1ccccc1. The molecule has 122 valence electrons. The van der Waals surface area contributed by atoms with Crippen LogP contribution >= 0.6 is 0 Å². The van der Waals surface area contributed by atoms with E-state index in [4.69, 9.17) is 0 Å². The molecule has 2 aromatic rings. The molecule has 0 bridgehead atoms. The molecule has 0 aliphatic heterocycles. The average molecular weight is 331 g/mol. The molecule has 0 aromatic heterocycles. The Balaban J connectivity index is 2.32. The number of nitrogens with one attached hydrogen (secondary N) is 1. The lowest BCUT2D eigenvalue weighted by atomic mass is 10.1. The van der Waals surface area contributed by atoms with Crippen molar-refractivity contribution in [2.45, 2.75) is 29.9 Å². The van der Waals surface area contributed by atoms with Crippen LogP contribution < -0.4 is 5.32 Å². The first-order valence-electron chi connectivity index (χ1n) is 7.66. The Kier molecular flexibility index (Phi) is 5.93. The van der Waals surface area contributed by atoms with Crippen LogP contribution in [0.2, 0.25) is 0 Å². The fourth-order valence-corrected chi connectivity index (χ4v) is 4.05. The molecule has 4 nitrogen and oxygen atoms in total.